The van der Waals surface area contributed by atoms with Crippen LogP contribution in [-0.4, -0.2) is 60.7 Å². The molecule has 104 valence electrons. The van der Waals surface area contributed by atoms with E-state index in [-0.39, 0.29) is 17.9 Å². The van der Waals surface area contributed by atoms with E-state index in [9.17, 15) is 4.79 Å². The molecule has 2 saturated heterocycles. The second kappa shape index (κ2) is 5.80. The van der Waals surface area contributed by atoms with Gasteiger partial charge in [0.1, 0.15) is 0 Å². The van der Waals surface area contributed by atoms with Crippen LogP contribution >= 0.6 is 11.8 Å². The predicted molar refractivity (Wildman–Crippen MR) is 74.9 cm³/mol. The fourth-order valence-electron chi connectivity index (χ4n) is 2.56. The summed E-state index contributed by atoms with van der Waals surface area (Å²) in [7, 11) is 1.90. The molecule has 0 spiro atoms. The monoisotopic (exact) mass is 272 g/mol. The molecule has 0 saturated carbocycles. The van der Waals surface area contributed by atoms with Crippen molar-refractivity contribution in [3.05, 3.63) is 0 Å². The lowest BCUT2D eigenvalue weighted by molar-refractivity contribution is -0.135. The highest BCUT2D eigenvalue weighted by atomic mass is 32.2. The Hall–Kier alpha value is -0.260. The average Bonchev–Trinajstić information content (AvgIpc) is 2.73. The molecule has 2 atom stereocenters. The Labute approximate surface area is 114 Å². The molecule has 0 radical (unpaired) electrons. The van der Waals surface area contributed by atoms with E-state index in [1.165, 1.54) is 0 Å². The summed E-state index contributed by atoms with van der Waals surface area (Å²) in [5, 5.41) is 3.19. The van der Waals surface area contributed by atoms with Crippen LogP contribution in [0.4, 0.5) is 0 Å². The van der Waals surface area contributed by atoms with E-state index in [4.69, 9.17) is 4.74 Å². The van der Waals surface area contributed by atoms with Gasteiger partial charge in [0.25, 0.3) is 0 Å². The van der Waals surface area contributed by atoms with Crippen molar-refractivity contribution < 1.29 is 9.53 Å². The minimum Gasteiger partial charge on any atom is -0.379 e. The van der Waals surface area contributed by atoms with Crippen LogP contribution in [0, 0.1) is 5.92 Å². The van der Waals surface area contributed by atoms with Gasteiger partial charge in [-0.3, -0.25) is 4.79 Å². The molecular formula is C13H24N2O2S. The Morgan fingerprint density at radius 1 is 1.39 bits per heavy atom. The maximum absolute atomic E-state index is 12.5. The highest BCUT2D eigenvalue weighted by Gasteiger charge is 2.36. The van der Waals surface area contributed by atoms with Gasteiger partial charge in [0.2, 0.25) is 5.91 Å². The first-order valence-corrected chi connectivity index (χ1v) is 7.70. The number of thioether (sulfide) groups is 1. The predicted octanol–water partition coefficient (Wildman–Crippen LogP) is 0.965. The summed E-state index contributed by atoms with van der Waals surface area (Å²) in [6, 6.07) is 0.182. The zero-order valence-electron chi connectivity index (χ0n) is 11.6. The molecule has 2 aliphatic rings. The molecule has 18 heavy (non-hydrogen) atoms. The van der Waals surface area contributed by atoms with E-state index in [0.29, 0.717) is 18.0 Å². The van der Waals surface area contributed by atoms with Gasteiger partial charge >= 0.3 is 0 Å². The molecule has 2 rings (SSSR count). The summed E-state index contributed by atoms with van der Waals surface area (Å²) >= 11 is 1.97. The summed E-state index contributed by atoms with van der Waals surface area (Å²) in [6.45, 7) is 7.51. The zero-order chi connectivity index (χ0) is 13.2. The molecule has 2 heterocycles. The van der Waals surface area contributed by atoms with E-state index < -0.39 is 0 Å². The number of carbonyl (C=O) groups is 1. The second-order valence-corrected chi connectivity index (χ2v) is 7.52. The van der Waals surface area contributed by atoms with Crippen molar-refractivity contribution >= 4 is 17.7 Å². The maximum Gasteiger partial charge on any atom is 0.229 e. The fraction of sp³-hybridized carbons (Fsp3) is 0.923. The van der Waals surface area contributed by atoms with Crippen molar-refractivity contribution in [3.8, 4) is 0 Å². The van der Waals surface area contributed by atoms with Crippen molar-refractivity contribution in [2.24, 2.45) is 5.92 Å². The molecule has 2 fully saturated rings. The molecule has 5 heteroatoms. The number of nitrogens with zero attached hydrogens (tertiary/aromatic N) is 1. The first-order chi connectivity index (χ1) is 8.53. The van der Waals surface area contributed by atoms with Gasteiger partial charge in [0, 0.05) is 29.6 Å². The van der Waals surface area contributed by atoms with Gasteiger partial charge in [-0.25, -0.2) is 0 Å². The van der Waals surface area contributed by atoms with Crippen molar-refractivity contribution in [2.75, 3.05) is 39.1 Å². The Kier molecular flexibility index (Phi) is 4.56. The lowest BCUT2D eigenvalue weighted by Gasteiger charge is -2.26. The molecule has 0 bridgehead atoms. The Morgan fingerprint density at radius 2 is 2.17 bits per heavy atom. The third-order valence-electron chi connectivity index (χ3n) is 3.92. The van der Waals surface area contributed by atoms with Crippen LogP contribution < -0.4 is 5.32 Å². The molecule has 0 aromatic carbocycles. The number of hydrogen-bond donors (Lipinski definition) is 1. The summed E-state index contributed by atoms with van der Waals surface area (Å²) < 4.78 is 5.72. The minimum atomic E-state index is 0.00112. The van der Waals surface area contributed by atoms with Gasteiger partial charge in [0.05, 0.1) is 19.1 Å². The normalized spacial score (nSPS) is 32.3. The molecule has 0 aromatic heterocycles. The lowest BCUT2D eigenvalue weighted by Crippen LogP contribution is -2.45. The third-order valence-corrected chi connectivity index (χ3v) is 5.29. The van der Waals surface area contributed by atoms with Gasteiger partial charge in [-0.15, -0.1) is 0 Å². The second-order valence-electron chi connectivity index (χ2n) is 5.72. The van der Waals surface area contributed by atoms with Crippen LogP contribution in [0.25, 0.3) is 0 Å². The average molecular weight is 272 g/mol. The van der Waals surface area contributed by atoms with Gasteiger partial charge in [-0.1, -0.05) is 13.8 Å². The quantitative estimate of drug-likeness (QED) is 0.813. The number of carbonyl (C=O) groups excluding carboxylic acids is 1. The molecular weight excluding hydrogens is 248 g/mol. The molecule has 0 aromatic rings. The third kappa shape index (κ3) is 3.19. The Morgan fingerprint density at radius 3 is 2.89 bits per heavy atom. The number of likely N-dealkylation sites (N-methyl/N-ethyl adjacent to an activating group) is 1. The molecule has 2 unspecified atom stereocenters. The van der Waals surface area contributed by atoms with Gasteiger partial charge in [-0.2, -0.15) is 11.8 Å². The smallest absolute Gasteiger partial charge is 0.229 e. The first kappa shape index (κ1) is 14.2. The highest BCUT2D eigenvalue weighted by molar-refractivity contribution is 8.00. The van der Waals surface area contributed by atoms with Crippen LogP contribution in [0.15, 0.2) is 0 Å². The van der Waals surface area contributed by atoms with E-state index >= 15 is 0 Å². The summed E-state index contributed by atoms with van der Waals surface area (Å²) in [5.41, 5.74) is 0. The van der Waals surface area contributed by atoms with E-state index in [1.807, 2.05) is 23.7 Å². The standard InChI is InChI=1S/C13H24N2O2S/c1-13(2)4-5-15(6-7-18-13)12(16)10-8-17-9-11(10)14-3/h10-11,14H,4-9H2,1-3H3. The lowest BCUT2D eigenvalue weighted by atomic mass is 10.0. The molecule has 0 aliphatic carbocycles. The van der Waals surface area contributed by atoms with Crippen molar-refractivity contribution in [2.45, 2.75) is 31.1 Å². The summed E-state index contributed by atoms with van der Waals surface area (Å²) in [4.78, 5) is 14.6. The number of ether oxygens (including phenoxy) is 1. The number of hydrogen-bond acceptors (Lipinski definition) is 4. The number of rotatable bonds is 2. The molecule has 2 aliphatic heterocycles. The fourth-order valence-corrected chi connectivity index (χ4v) is 3.66. The first-order valence-electron chi connectivity index (χ1n) is 6.71. The highest BCUT2D eigenvalue weighted by Crippen LogP contribution is 2.31. The van der Waals surface area contributed by atoms with E-state index in [0.717, 1.165) is 25.3 Å². The van der Waals surface area contributed by atoms with Crippen LogP contribution in [-0.2, 0) is 9.53 Å². The molecule has 4 nitrogen and oxygen atoms in total. The van der Waals surface area contributed by atoms with Crippen molar-refractivity contribution in [1.29, 1.82) is 0 Å². The van der Waals surface area contributed by atoms with Gasteiger partial charge < -0.3 is 15.0 Å². The molecule has 1 amide bonds. The van der Waals surface area contributed by atoms with Crippen LogP contribution in [0.3, 0.4) is 0 Å². The molecule has 1 N–H and O–H groups in total. The van der Waals surface area contributed by atoms with E-state index in [1.54, 1.807) is 0 Å². The zero-order valence-corrected chi connectivity index (χ0v) is 12.4. The number of nitrogens with one attached hydrogen (secondary N) is 1. The Balaban J connectivity index is 1.96. The Bertz CT molecular complexity index is 309. The maximum atomic E-state index is 12.5. The topological polar surface area (TPSA) is 41.6 Å². The van der Waals surface area contributed by atoms with Gasteiger partial charge in [-0.05, 0) is 13.5 Å². The van der Waals surface area contributed by atoms with Crippen LogP contribution in [0.1, 0.15) is 20.3 Å². The summed E-state index contributed by atoms with van der Waals surface area (Å²) in [5.74, 6) is 1.31. The van der Waals surface area contributed by atoms with Crippen LogP contribution in [0.2, 0.25) is 0 Å². The van der Waals surface area contributed by atoms with Crippen molar-refractivity contribution in [1.82, 2.24) is 10.2 Å². The van der Waals surface area contributed by atoms with Gasteiger partial charge in [0.15, 0.2) is 0 Å². The van der Waals surface area contributed by atoms with Crippen LogP contribution in [0.5, 0.6) is 0 Å². The summed E-state index contributed by atoms with van der Waals surface area (Å²) in [6.07, 6.45) is 1.07. The minimum absolute atomic E-state index is 0.00112. The SMILES string of the molecule is CNC1COCC1C(=O)N1CCSC(C)(C)CC1. The number of amides is 1. The van der Waals surface area contributed by atoms with E-state index in [2.05, 4.69) is 19.2 Å². The van der Waals surface area contributed by atoms with Crippen molar-refractivity contribution in [3.63, 3.8) is 0 Å². The largest absolute Gasteiger partial charge is 0.379 e.